The van der Waals surface area contributed by atoms with Gasteiger partial charge in [0.25, 0.3) is 0 Å². The summed E-state index contributed by atoms with van der Waals surface area (Å²) in [5, 5.41) is 0.703. The molecule has 3 nitrogen and oxygen atoms in total. The van der Waals surface area contributed by atoms with E-state index in [4.69, 9.17) is 11.6 Å². The van der Waals surface area contributed by atoms with Crippen LogP contribution in [0.1, 0.15) is 31.6 Å². The summed E-state index contributed by atoms with van der Waals surface area (Å²) in [6, 6.07) is 2.41. The van der Waals surface area contributed by atoms with Crippen LogP contribution < -0.4 is 0 Å². The second-order valence-electron chi connectivity index (χ2n) is 3.95. The Bertz CT molecular complexity index is 514. The Kier molecular flexibility index (Phi) is 1.96. The molecule has 2 aromatic rings. The Morgan fingerprint density at radius 1 is 1.53 bits per heavy atom. The molecular weight excluding hydrogens is 210 g/mol. The van der Waals surface area contributed by atoms with Crippen molar-refractivity contribution in [3.8, 4) is 0 Å². The third-order valence-electron chi connectivity index (χ3n) is 2.83. The van der Waals surface area contributed by atoms with E-state index in [2.05, 4.69) is 21.5 Å². The molecule has 2 aromatic heterocycles. The zero-order valence-electron chi connectivity index (χ0n) is 8.57. The summed E-state index contributed by atoms with van der Waals surface area (Å²) in [5.74, 6) is 1.10. The molecule has 0 spiro atoms. The molecule has 0 N–H and O–H groups in total. The monoisotopic (exact) mass is 221 g/mol. The van der Waals surface area contributed by atoms with E-state index in [0.717, 1.165) is 23.4 Å². The van der Waals surface area contributed by atoms with Crippen molar-refractivity contribution in [2.24, 2.45) is 0 Å². The highest BCUT2D eigenvalue weighted by atomic mass is 35.5. The lowest BCUT2D eigenvalue weighted by Crippen LogP contribution is -2.00. The predicted molar refractivity (Wildman–Crippen MR) is 60.2 cm³/mol. The molecule has 0 amide bonds. The number of hydrogen-bond acceptors (Lipinski definition) is 2. The lowest BCUT2D eigenvalue weighted by Gasteiger charge is -2.03. The van der Waals surface area contributed by atoms with Crippen molar-refractivity contribution in [3.05, 3.63) is 23.1 Å². The van der Waals surface area contributed by atoms with Gasteiger partial charge in [-0.1, -0.05) is 18.5 Å². The Balaban J connectivity index is 2.33. The molecule has 3 rings (SSSR count). The molecule has 0 saturated heterocycles. The second-order valence-corrected chi connectivity index (χ2v) is 4.35. The first kappa shape index (κ1) is 9.16. The summed E-state index contributed by atoms with van der Waals surface area (Å²) in [5.41, 5.74) is 1.80. The first-order valence-corrected chi connectivity index (χ1v) is 5.70. The molecule has 1 aliphatic carbocycles. The van der Waals surface area contributed by atoms with Gasteiger partial charge in [0.05, 0.1) is 5.02 Å². The number of hydrogen-bond donors (Lipinski definition) is 0. The zero-order chi connectivity index (χ0) is 10.4. The summed E-state index contributed by atoms with van der Waals surface area (Å²) >= 11 is 6.11. The topological polar surface area (TPSA) is 30.7 Å². The Morgan fingerprint density at radius 3 is 3.00 bits per heavy atom. The van der Waals surface area contributed by atoms with Crippen LogP contribution in [-0.2, 0) is 6.42 Å². The van der Waals surface area contributed by atoms with E-state index in [1.807, 2.05) is 0 Å². The van der Waals surface area contributed by atoms with Crippen molar-refractivity contribution in [2.75, 3.05) is 0 Å². The van der Waals surface area contributed by atoms with Crippen LogP contribution in [0.4, 0.5) is 0 Å². The average Bonchev–Trinajstić information content (AvgIpc) is 3.00. The largest absolute Gasteiger partial charge is 0.310 e. The number of rotatable bonds is 2. The van der Waals surface area contributed by atoms with Crippen molar-refractivity contribution in [1.29, 1.82) is 0 Å². The summed E-state index contributed by atoms with van der Waals surface area (Å²) in [6.45, 7) is 2.12. The molecule has 2 heterocycles. The van der Waals surface area contributed by atoms with Gasteiger partial charge in [-0.2, -0.15) is 0 Å². The fourth-order valence-corrected chi connectivity index (χ4v) is 2.15. The maximum Gasteiger partial charge on any atom is 0.161 e. The number of aromatic nitrogens is 3. The van der Waals surface area contributed by atoms with Gasteiger partial charge in [-0.15, -0.1) is 0 Å². The van der Waals surface area contributed by atoms with E-state index < -0.39 is 0 Å². The molecule has 1 saturated carbocycles. The van der Waals surface area contributed by atoms with Gasteiger partial charge in [0.2, 0.25) is 0 Å². The molecule has 0 aliphatic heterocycles. The van der Waals surface area contributed by atoms with Gasteiger partial charge in [-0.3, -0.25) is 0 Å². The first-order chi connectivity index (χ1) is 7.31. The van der Waals surface area contributed by atoms with E-state index in [9.17, 15) is 0 Å². The van der Waals surface area contributed by atoms with Gasteiger partial charge < -0.3 is 4.57 Å². The van der Waals surface area contributed by atoms with Crippen molar-refractivity contribution in [3.63, 3.8) is 0 Å². The Morgan fingerprint density at radius 2 is 2.33 bits per heavy atom. The molecule has 78 valence electrons. The summed E-state index contributed by atoms with van der Waals surface area (Å²) in [4.78, 5) is 8.95. The number of imidazole rings is 1. The van der Waals surface area contributed by atoms with E-state index in [-0.39, 0.29) is 0 Å². The van der Waals surface area contributed by atoms with E-state index >= 15 is 0 Å². The van der Waals surface area contributed by atoms with Crippen molar-refractivity contribution in [2.45, 2.75) is 32.2 Å². The fourth-order valence-electron chi connectivity index (χ4n) is 1.97. The number of aryl methyl sites for hydroxylation is 1. The molecule has 4 heteroatoms. The van der Waals surface area contributed by atoms with Gasteiger partial charge in [0.1, 0.15) is 11.3 Å². The highest BCUT2D eigenvalue weighted by Gasteiger charge is 2.28. The smallest absolute Gasteiger partial charge is 0.161 e. The van der Waals surface area contributed by atoms with E-state index in [0.29, 0.717) is 11.1 Å². The third-order valence-corrected chi connectivity index (χ3v) is 3.14. The quantitative estimate of drug-likeness (QED) is 0.781. The van der Waals surface area contributed by atoms with Gasteiger partial charge in [0, 0.05) is 18.7 Å². The molecule has 0 unspecified atom stereocenters. The number of fused-ring (bicyclic) bond motifs is 1. The normalized spacial score (nSPS) is 16.1. The van der Waals surface area contributed by atoms with Crippen LogP contribution >= 0.6 is 11.6 Å². The molecule has 15 heavy (non-hydrogen) atoms. The standard InChI is InChI=1S/C11H12ClN3/c1-2-9-14-10-8(12)5-6-13-11(10)15(9)7-3-4-7/h5-7H,2-4H2,1H3. The molecule has 0 atom stereocenters. The van der Waals surface area contributed by atoms with Crippen molar-refractivity contribution >= 4 is 22.8 Å². The first-order valence-electron chi connectivity index (χ1n) is 5.32. The Labute approximate surface area is 93.1 Å². The van der Waals surface area contributed by atoms with Crippen LogP contribution in [0.2, 0.25) is 5.02 Å². The van der Waals surface area contributed by atoms with Crippen LogP contribution in [0.25, 0.3) is 11.2 Å². The lowest BCUT2D eigenvalue weighted by atomic mass is 10.4. The molecule has 0 aromatic carbocycles. The van der Waals surface area contributed by atoms with Crippen LogP contribution in [-0.4, -0.2) is 14.5 Å². The van der Waals surface area contributed by atoms with Crippen molar-refractivity contribution in [1.82, 2.24) is 14.5 Å². The highest BCUT2D eigenvalue weighted by molar-refractivity contribution is 6.34. The lowest BCUT2D eigenvalue weighted by molar-refractivity contribution is 0.702. The van der Waals surface area contributed by atoms with Crippen LogP contribution in [0.15, 0.2) is 12.3 Å². The van der Waals surface area contributed by atoms with Gasteiger partial charge in [-0.05, 0) is 18.9 Å². The minimum absolute atomic E-state index is 0.607. The summed E-state index contributed by atoms with van der Waals surface area (Å²) in [7, 11) is 0. The van der Waals surface area contributed by atoms with Crippen LogP contribution in [0.3, 0.4) is 0 Å². The maximum atomic E-state index is 6.11. The van der Waals surface area contributed by atoms with Gasteiger partial charge in [0.15, 0.2) is 5.65 Å². The minimum atomic E-state index is 0.607. The molecule has 0 bridgehead atoms. The number of nitrogens with zero attached hydrogens (tertiary/aromatic N) is 3. The summed E-state index contributed by atoms with van der Waals surface area (Å²) < 4.78 is 2.25. The number of halogens is 1. The van der Waals surface area contributed by atoms with E-state index in [1.54, 1.807) is 12.3 Å². The fraction of sp³-hybridized carbons (Fsp3) is 0.455. The van der Waals surface area contributed by atoms with Gasteiger partial charge in [-0.25, -0.2) is 9.97 Å². The van der Waals surface area contributed by atoms with Crippen LogP contribution in [0, 0.1) is 0 Å². The van der Waals surface area contributed by atoms with Crippen LogP contribution in [0.5, 0.6) is 0 Å². The van der Waals surface area contributed by atoms with E-state index in [1.165, 1.54) is 12.8 Å². The average molecular weight is 222 g/mol. The Hall–Kier alpha value is -1.09. The third kappa shape index (κ3) is 1.34. The molecule has 1 aliphatic rings. The maximum absolute atomic E-state index is 6.11. The second kappa shape index (κ2) is 3.20. The number of pyridine rings is 1. The van der Waals surface area contributed by atoms with Gasteiger partial charge >= 0.3 is 0 Å². The minimum Gasteiger partial charge on any atom is -0.310 e. The molecule has 0 radical (unpaired) electrons. The highest BCUT2D eigenvalue weighted by Crippen LogP contribution is 2.39. The van der Waals surface area contributed by atoms with Crippen molar-refractivity contribution < 1.29 is 0 Å². The molecule has 1 fully saturated rings. The zero-order valence-corrected chi connectivity index (χ0v) is 9.33. The predicted octanol–water partition coefficient (Wildman–Crippen LogP) is 2.98. The summed E-state index contributed by atoms with van der Waals surface area (Å²) in [6.07, 6.45) is 5.17. The SMILES string of the molecule is CCc1nc2c(Cl)ccnc2n1C1CC1. The molecular formula is C11H12ClN3.